The van der Waals surface area contributed by atoms with E-state index >= 15 is 0 Å². The molecule has 0 aromatic carbocycles. The van der Waals surface area contributed by atoms with Crippen molar-refractivity contribution in [3.63, 3.8) is 0 Å². The van der Waals surface area contributed by atoms with Crippen LogP contribution in [0.4, 0.5) is 0 Å². The molecule has 0 aliphatic carbocycles. The van der Waals surface area contributed by atoms with Gasteiger partial charge in [-0.25, -0.2) is 0 Å². The molecule has 0 aliphatic heterocycles. The largest absolute Gasteiger partial charge is 1.00 e. The Balaban J connectivity index is -0.0000000910. The number of carboxylic acid groups (broad SMARTS) is 1. The van der Waals surface area contributed by atoms with Gasteiger partial charge in [0.2, 0.25) is 0 Å². The molecule has 0 radical (unpaired) electrons. The van der Waals surface area contributed by atoms with Gasteiger partial charge in [-0.05, 0) is 0 Å². The van der Waals surface area contributed by atoms with Gasteiger partial charge in [0.25, 0.3) is 0 Å². The van der Waals surface area contributed by atoms with E-state index in [4.69, 9.17) is 16.7 Å². The van der Waals surface area contributed by atoms with Crippen molar-refractivity contribution in [3.8, 4) is 0 Å². The predicted octanol–water partition coefficient (Wildman–Crippen LogP) is -1.32. The van der Waals surface area contributed by atoms with E-state index in [2.05, 4.69) is 19.6 Å². The fourth-order valence-corrected chi connectivity index (χ4v) is 0. The van der Waals surface area contributed by atoms with E-state index in [1.807, 2.05) is 0 Å². The Bertz CT molecular complexity index is 77.3. The molecule has 56 valence electrons. The third kappa shape index (κ3) is 64.5. The molecule has 1 N–H and O–H groups in total. The summed E-state index contributed by atoms with van der Waals surface area (Å²) in [7, 11) is 0.120. The molecule has 0 saturated heterocycles. The first kappa shape index (κ1) is 17.2. The first-order valence-corrected chi connectivity index (χ1v) is 6.08. The van der Waals surface area contributed by atoms with Crippen LogP contribution in [0.25, 0.3) is 0 Å². The van der Waals surface area contributed by atoms with Crippen LogP contribution in [0.2, 0.25) is 19.6 Å². The van der Waals surface area contributed by atoms with Gasteiger partial charge in [0, 0.05) is 0 Å². The standard InChI is InChI=1S/C3H9Si.C2H3ClO2.Na/c1-4(2)3;3-1-2(4)5;/h1-3H3;1H2,(H,4,5);/q-1;;+1. The molecule has 10 heavy (non-hydrogen) atoms. The van der Waals surface area contributed by atoms with Gasteiger partial charge in [-0.3, -0.25) is 13.6 Å². The van der Waals surface area contributed by atoms with Gasteiger partial charge in [-0.15, -0.1) is 11.6 Å². The average Bonchev–Trinajstić information content (AvgIpc) is 1.65. The molecule has 0 spiro atoms. The minimum Gasteiger partial charge on any atom is -0.480 e. The van der Waals surface area contributed by atoms with Crippen LogP contribution in [0.15, 0.2) is 0 Å². The fourth-order valence-electron chi connectivity index (χ4n) is 0. The van der Waals surface area contributed by atoms with E-state index in [1.165, 1.54) is 0 Å². The van der Waals surface area contributed by atoms with Crippen LogP contribution < -0.4 is 29.6 Å². The maximum Gasteiger partial charge on any atom is 1.00 e. The summed E-state index contributed by atoms with van der Waals surface area (Å²) < 4.78 is 0. The first-order chi connectivity index (χ1) is 4.00. The summed E-state index contributed by atoms with van der Waals surface area (Å²) in [5, 5.41) is 7.59. The van der Waals surface area contributed by atoms with Crippen LogP contribution in [0, 0.1) is 0 Å². The topological polar surface area (TPSA) is 37.3 Å². The Kier molecular flexibility index (Phi) is 21.7. The second-order valence-corrected chi connectivity index (χ2v) is 5.29. The monoisotopic (exact) mass is 190 g/mol. The van der Waals surface area contributed by atoms with E-state index in [0.29, 0.717) is 0 Å². The van der Waals surface area contributed by atoms with Crippen molar-refractivity contribution < 1.29 is 39.5 Å². The van der Waals surface area contributed by atoms with Gasteiger partial charge in [0.05, 0.1) is 0 Å². The van der Waals surface area contributed by atoms with Crippen LogP contribution >= 0.6 is 11.6 Å². The third-order valence-electron chi connectivity index (χ3n) is 0.114. The molecule has 0 atom stereocenters. The summed E-state index contributed by atoms with van der Waals surface area (Å²) in [5.74, 6) is -1.29. The maximum atomic E-state index is 9.24. The predicted molar refractivity (Wildman–Crippen MR) is 41.7 cm³/mol. The Labute approximate surface area is 90.9 Å². The Morgan fingerprint density at radius 3 is 1.60 bits per heavy atom. The van der Waals surface area contributed by atoms with Gasteiger partial charge in [-0.1, -0.05) is 0 Å². The minimum absolute atomic E-state index is 0. The number of rotatable bonds is 1. The second-order valence-electron chi connectivity index (χ2n) is 2.03. The van der Waals surface area contributed by atoms with Crippen molar-refractivity contribution in [1.82, 2.24) is 0 Å². The number of aliphatic carboxylic acids is 1. The van der Waals surface area contributed by atoms with Crippen molar-refractivity contribution in [2.24, 2.45) is 0 Å². The molecule has 0 bridgehead atoms. The fraction of sp³-hybridized carbons (Fsp3) is 0.800. The molecule has 0 aromatic rings. The number of carbonyl (C=O) groups is 1. The molecule has 0 rings (SSSR count). The number of alkyl halides is 1. The smallest absolute Gasteiger partial charge is 0.480 e. The molecular formula is C5H12ClNaO2Si. The van der Waals surface area contributed by atoms with Crippen molar-refractivity contribution in [2.75, 3.05) is 5.88 Å². The van der Waals surface area contributed by atoms with E-state index < -0.39 is 5.97 Å². The van der Waals surface area contributed by atoms with Crippen LogP contribution in [0.1, 0.15) is 0 Å². The SMILES string of the molecule is C[Si-](C)C.O=C(O)CCl.[Na+]. The summed E-state index contributed by atoms with van der Waals surface area (Å²) in [6.45, 7) is 6.81. The van der Waals surface area contributed by atoms with Gasteiger partial charge in [0.15, 0.2) is 0 Å². The van der Waals surface area contributed by atoms with E-state index in [1.54, 1.807) is 0 Å². The molecule has 0 unspecified atom stereocenters. The summed E-state index contributed by atoms with van der Waals surface area (Å²) in [6, 6.07) is 0. The zero-order valence-electron chi connectivity index (χ0n) is 6.94. The number of carboxylic acids is 1. The second kappa shape index (κ2) is 12.6. The summed E-state index contributed by atoms with van der Waals surface area (Å²) >= 11 is 4.74. The summed E-state index contributed by atoms with van der Waals surface area (Å²) in [5.41, 5.74) is 0. The van der Waals surface area contributed by atoms with Crippen LogP contribution in [-0.4, -0.2) is 25.8 Å². The van der Waals surface area contributed by atoms with Crippen molar-refractivity contribution in [3.05, 3.63) is 0 Å². The molecule has 0 heterocycles. The molecule has 0 amide bonds. The normalized spacial score (nSPS) is 7.30. The van der Waals surface area contributed by atoms with Crippen molar-refractivity contribution >= 4 is 26.4 Å². The number of hydrogen-bond acceptors (Lipinski definition) is 1. The Morgan fingerprint density at radius 1 is 1.50 bits per heavy atom. The number of hydrogen-bond donors (Lipinski definition) is 1. The Morgan fingerprint density at radius 2 is 1.60 bits per heavy atom. The summed E-state index contributed by atoms with van der Waals surface area (Å²) in [6.07, 6.45) is 0. The van der Waals surface area contributed by atoms with Gasteiger partial charge in [-0.2, -0.15) is 19.6 Å². The molecule has 0 aliphatic rings. The molecule has 2 nitrogen and oxygen atoms in total. The zero-order valence-corrected chi connectivity index (χ0v) is 10.7. The van der Waals surface area contributed by atoms with Gasteiger partial charge < -0.3 is 5.11 Å². The quantitative estimate of drug-likeness (QED) is 0.412. The Hall–Kier alpha value is 0.977. The molecule has 0 saturated carbocycles. The van der Waals surface area contributed by atoms with Crippen molar-refractivity contribution in [1.29, 1.82) is 0 Å². The zero-order chi connectivity index (χ0) is 7.86. The molecule has 0 aromatic heterocycles. The van der Waals surface area contributed by atoms with Crippen LogP contribution in [0.3, 0.4) is 0 Å². The maximum absolute atomic E-state index is 9.24. The van der Waals surface area contributed by atoms with E-state index in [9.17, 15) is 4.79 Å². The van der Waals surface area contributed by atoms with Crippen molar-refractivity contribution in [2.45, 2.75) is 19.6 Å². The van der Waals surface area contributed by atoms with E-state index in [-0.39, 0.29) is 44.2 Å². The van der Waals surface area contributed by atoms with Gasteiger partial charge in [0.1, 0.15) is 5.88 Å². The van der Waals surface area contributed by atoms with Crippen LogP contribution in [0.5, 0.6) is 0 Å². The van der Waals surface area contributed by atoms with E-state index in [0.717, 1.165) is 0 Å². The average molecular weight is 191 g/mol. The third-order valence-corrected chi connectivity index (χ3v) is 0.343. The molecular weight excluding hydrogens is 179 g/mol. The minimum atomic E-state index is -0.980. The molecule has 0 fully saturated rings. The first-order valence-electron chi connectivity index (χ1n) is 2.55. The summed E-state index contributed by atoms with van der Waals surface area (Å²) in [4.78, 5) is 9.24. The molecule has 5 heteroatoms. The van der Waals surface area contributed by atoms with Crippen LogP contribution in [-0.2, 0) is 4.79 Å². The van der Waals surface area contributed by atoms with Gasteiger partial charge >= 0.3 is 35.5 Å². The number of halogens is 1.